The van der Waals surface area contributed by atoms with Crippen LogP contribution in [0.25, 0.3) is 0 Å². The lowest BCUT2D eigenvalue weighted by Gasteiger charge is -2.03. The summed E-state index contributed by atoms with van der Waals surface area (Å²) >= 11 is 2.85. The molecule has 1 heterocycles. The van der Waals surface area contributed by atoms with Crippen molar-refractivity contribution >= 4 is 15.9 Å². The zero-order valence-corrected chi connectivity index (χ0v) is 7.72. The van der Waals surface area contributed by atoms with Crippen LogP contribution < -0.4 is 0 Å². The molecule has 0 saturated carbocycles. The van der Waals surface area contributed by atoms with E-state index in [9.17, 15) is 8.78 Å². The molecule has 0 amide bonds. The van der Waals surface area contributed by atoms with Gasteiger partial charge in [0.15, 0.2) is 11.4 Å². The Kier molecular flexibility index (Phi) is 2.78. The number of hydrogen-bond donors (Lipinski definition) is 1. The van der Waals surface area contributed by atoms with E-state index in [-0.39, 0.29) is 10.2 Å². The van der Waals surface area contributed by atoms with E-state index in [1.54, 1.807) is 6.07 Å². The van der Waals surface area contributed by atoms with Crippen LogP contribution in [0.2, 0.25) is 0 Å². The van der Waals surface area contributed by atoms with Gasteiger partial charge < -0.3 is 5.11 Å². The van der Waals surface area contributed by atoms with Gasteiger partial charge in [0.05, 0.1) is 5.56 Å². The first-order chi connectivity index (χ1) is 6.06. The maximum Gasteiger partial charge on any atom is 0.284 e. The average Bonchev–Trinajstić information content (AvgIpc) is 2.08. The van der Waals surface area contributed by atoms with Gasteiger partial charge in [-0.1, -0.05) is 0 Å². The summed E-state index contributed by atoms with van der Waals surface area (Å²) in [5, 5.41) is 17.5. The van der Waals surface area contributed by atoms with Crippen LogP contribution in [0.1, 0.15) is 17.7 Å². The largest absolute Gasteiger partial charge is 0.505 e. The van der Waals surface area contributed by atoms with Crippen LogP contribution >= 0.6 is 15.9 Å². The molecule has 1 rings (SSSR count). The fraction of sp³-hybridized carbons (Fsp3) is 0.143. The van der Waals surface area contributed by atoms with Crippen molar-refractivity contribution in [1.29, 1.82) is 5.26 Å². The summed E-state index contributed by atoms with van der Waals surface area (Å²) in [5.41, 5.74) is -1.01. The van der Waals surface area contributed by atoms with Crippen LogP contribution in [0.4, 0.5) is 8.78 Å². The van der Waals surface area contributed by atoms with Gasteiger partial charge in [0.1, 0.15) is 10.7 Å². The van der Waals surface area contributed by atoms with E-state index in [1.165, 1.54) is 6.07 Å². The first kappa shape index (κ1) is 9.86. The minimum Gasteiger partial charge on any atom is -0.505 e. The Morgan fingerprint density at radius 3 is 2.69 bits per heavy atom. The predicted octanol–water partition coefficient (Wildman–Crippen LogP) is 2.36. The number of hydrogen-bond acceptors (Lipinski definition) is 3. The molecule has 0 spiro atoms. The minimum absolute atomic E-state index is 0.0946. The van der Waals surface area contributed by atoms with Crippen LogP contribution in [-0.4, -0.2) is 10.1 Å². The van der Waals surface area contributed by atoms with Gasteiger partial charge in [0.25, 0.3) is 6.43 Å². The van der Waals surface area contributed by atoms with Gasteiger partial charge in [0, 0.05) is 0 Å². The zero-order chi connectivity index (χ0) is 10.0. The molecule has 0 atom stereocenters. The van der Waals surface area contributed by atoms with Crippen molar-refractivity contribution in [2.75, 3.05) is 0 Å². The Labute approximate surface area is 80.8 Å². The molecular formula is C7H3BrF2N2O. The molecular weight excluding hydrogens is 246 g/mol. The van der Waals surface area contributed by atoms with Crippen molar-refractivity contribution < 1.29 is 13.9 Å². The molecule has 0 unspecified atom stereocenters. The van der Waals surface area contributed by atoms with Gasteiger partial charge in [-0.25, -0.2) is 13.8 Å². The minimum atomic E-state index is -2.90. The number of aromatic hydroxyl groups is 1. The van der Waals surface area contributed by atoms with Crippen molar-refractivity contribution in [1.82, 2.24) is 4.98 Å². The molecule has 68 valence electrons. The third-order valence-electron chi connectivity index (χ3n) is 1.32. The second-order valence-corrected chi connectivity index (χ2v) is 2.95. The topological polar surface area (TPSA) is 56.9 Å². The summed E-state index contributed by atoms with van der Waals surface area (Å²) in [6.45, 7) is 0. The van der Waals surface area contributed by atoms with Gasteiger partial charge in [-0.3, -0.25) is 0 Å². The molecule has 1 aromatic rings. The van der Waals surface area contributed by atoms with E-state index >= 15 is 0 Å². The van der Waals surface area contributed by atoms with Crippen molar-refractivity contribution in [3.63, 3.8) is 0 Å². The highest BCUT2D eigenvalue weighted by atomic mass is 79.9. The fourth-order valence-electron chi connectivity index (χ4n) is 0.763. The zero-order valence-electron chi connectivity index (χ0n) is 6.13. The van der Waals surface area contributed by atoms with E-state index in [4.69, 9.17) is 10.4 Å². The first-order valence-electron chi connectivity index (χ1n) is 3.14. The van der Waals surface area contributed by atoms with E-state index in [0.717, 1.165) is 0 Å². The molecule has 0 aliphatic heterocycles. The molecule has 0 aliphatic rings. The molecule has 0 saturated heterocycles. The van der Waals surface area contributed by atoms with E-state index < -0.39 is 17.9 Å². The van der Waals surface area contributed by atoms with Crippen LogP contribution in [0.15, 0.2) is 10.7 Å². The maximum absolute atomic E-state index is 12.2. The SMILES string of the molecule is N#Cc1cc(Br)nc(C(F)F)c1O. The number of halogens is 3. The Hall–Kier alpha value is -1.22. The van der Waals surface area contributed by atoms with Crippen LogP contribution in [0.5, 0.6) is 5.75 Å². The normalized spacial score (nSPS) is 10.1. The molecule has 6 heteroatoms. The number of alkyl halides is 2. The van der Waals surface area contributed by atoms with Gasteiger partial charge in [-0.2, -0.15) is 5.26 Å². The van der Waals surface area contributed by atoms with Crippen LogP contribution in [0, 0.1) is 11.3 Å². The highest BCUT2D eigenvalue weighted by Gasteiger charge is 2.18. The van der Waals surface area contributed by atoms with Crippen molar-refractivity contribution in [3.05, 3.63) is 21.9 Å². The standard InChI is InChI=1S/C7H3BrF2N2O/c8-4-1-3(2-11)6(13)5(12-4)7(9)10/h1,7,13H. The predicted molar refractivity (Wildman–Crippen MR) is 43.3 cm³/mol. The summed E-state index contributed by atoms with van der Waals surface area (Å²) < 4.78 is 24.4. The summed E-state index contributed by atoms with van der Waals surface area (Å²) in [6, 6.07) is 2.75. The monoisotopic (exact) mass is 248 g/mol. The summed E-state index contributed by atoms with van der Waals surface area (Å²) in [6.07, 6.45) is -2.90. The number of rotatable bonds is 1. The number of nitriles is 1. The third-order valence-corrected chi connectivity index (χ3v) is 1.72. The van der Waals surface area contributed by atoms with Gasteiger partial charge in [-0.05, 0) is 22.0 Å². The third kappa shape index (κ3) is 1.92. The van der Waals surface area contributed by atoms with Crippen LogP contribution in [-0.2, 0) is 0 Å². The van der Waals surface area contributed by atoms with Crippen molar-refractivity contribution in [3.8, 4) is 11.8 Å². The molecule has 1 N–H and O–H groups in total. The molecule has 0 aliphatic carbocycles. The highest BCUT2D eigenvalue weighted by molar-refractivity contribution is 9.10. The average molecular weight is 249 g/mol. The second-order valence-electron chi connectivity index (χ2n) is 2.14. The Bertz CT molecular complexity index is 375. The smallest absolute Gasteiger partial charge is 0.284 e. The Morgan fingerprint density at radius 2 is 2.23 bits per heavy atom. The Morgan fingerprint density at radius 1 is 1.62 bits per heavy atom. The molecule has 0 radical (unpaired) electrons. The van der Waals surface area contributed by atoms with Gasteiger partial charge in [0.2, 0.25) is 0 Å². The molecule has 0 fully saturated rings. The summed E-state index contributed by atoms with van der Waals surface area (Å²) in [7, 11) is 0. The number of nitrogens with zero attached hydrogens (tertiary/aromatic N) is 2. The molecule has 3 nitrogen and oxygen atoms in total. The van der Waals surface area contributed by atoms with Crippen LogP contribution in [0.3, 0.4) is 0 Å². The summed E-state index contributed by atoms with van der Waals surface area (Å²) in [4.78, 5) is 3.35. The van der Waals surface area contributed by atoms with Gasteiger partial charge >= 0.3 is 0 Å². The Balaban J connectivity index is 3.38. The summed E-state index contributed by atoms with van der Waals surface area (Å²) in [5.74, 6) is -0.763. The lowest BCUT2D eigenvalue weighted by molar-refractivity contribution is 0.141. The number of pyridine rings is 1. The van der Waals surface area contributed by atoms with Gasteiger partial charge in [-0.15, -0.1) is 0 Å². The first-order valence-corrected chi connectivity index (χ1v) is 3.93. The fourth-order valence-corrected chi connectivity index (χ4v) is 1.18. The van der Waals surface area contributed by atoms with Crippen molar-refractivity contribution in [2.45, 2.75) is 6.43 Å². The van der Waals surface area contributed by atoms with E-state index in [1.807, 2.05) is 0 Å². The van der Waals surface area contributed by atoms with E-state index in [0.29, 0.717) is 0 Å². The quantitative estimate of drug-likeness (QED) is 0.777. The molecule has 13 heavy (non-hydrogen) atoms. The molecule has 0 aromatic carbocycles. The van der Waals surface area contributed by atoms with Crippen molar-refractivity contribution in [2.24, 2.45) is 0 Å². The maximum atomic E-state index is 12.2. The lowest BCUT2D eigenvalue weighted by atomic mass is 10.2. The van der Waals surface area contributed by atoms with E-state index in [2.05, 4.69) is 20.9 Å². The number of aromatic nitrogens is 1. The lowest BCUT2D eigenvalue weighted by Crippen LogP contribution is -1.94. The second kappa shape index (κ2) is 3.66. The molecule has 1 aromatic heterocycles. The molecule has 0 bridgehead atoms. The highest BCUT2D eigenvalue weighted by Crippen LogP contribution is 2.30.